The van der Waals surface area contributed by atoms with E-state index in [2.05, 4.69) is 21.2 Å². The van der Waals surface area contributed by atoms with Gasteiger partial charge in [-0.1, -0.05) is 60.1 Å². The molecule has 1 aromatic carbocycles. The fraction of sp³-hybridized carbons (Fsp3) is 0.565. The summed E-state index contributed by atoms with van der Waals surface area (Å²) in [6.45, 7) is 8.95. The van der Waals surface area contributed by atoms with E-state index in [0.29, 0.717) is 0 Å². The molecule has 1 rings (SSSR count). The van der Waals surface area contributed by atoms with Crippen LogP contribution in [0.1, 0.15) is 53.0 Å². The Hall–Kier alpha value is -2.22. The molecular formula is C23H32BrNO6. The van der Waals surface area contributed by atoms with Crippen LogP contribution in [0.3, 0.4) is 0 Å². The number of nitrogens with one attached hydrogen (secondary N) is 1. The third kappa shape index (κ3) is 10.6. The van der Waals surface area contributed by atoms with E-state index in [0.717, 1.165) is 5.56 Å². The van der Waals surface area contributed by atoms with E-state index >= 15 is 0 Å². The molecule has 0 unspecified atom stereocenters. The van der Waals surface area contributed by atoms with E-state index in [9.17, 15) is 19.2 Å². The number of Topliss-reactive ketones (excluding diaryl/α,β-unsaturated/α-hetero) is 1. The summed E-state index contributed by atoms with van der Waals surface area (Å²) >= 11 is 3.08. The van der Waals surface area contributed by atoms with Gasteiger partial charge < -0.3 is 14.8 Å². The highest BCUT2D eigenvalue weighted by Crippen LogP contribution is 2.19. The molecule has 1 aromatic rings. The molecule has 0 heterocycles. The predicted molar refractivity (Wildman–Crippen MR) is 120 cm³/mol. The first-order valence-corrected chi connectivity index (χ1v) is 11.4. The second-order valence-corrected chi connectivity index (χ2v) is 9.21. The summed E-state index contributed by atoms with van der Waals surface area (Å²) in [7, 11) is 0. The molecule has 31 heavy (non-hydrogen) atoms. The van der Waals surface area contributed by atoms with E-state index in [-0.39, 0.29) is 36.5 Å². The quantitative estimate of drug-likeness (QED) is 0.370. The number of ether oxygens (including phenoxy) is 2. The lowest BCUT2D eigenvalue weighted by Crippen LogP contribution is -2.47. The van der Waals surface area contributed by atoms with Crippen LogP contribution in [0.4, 0.5) is 0 Å². The number of amides is 1. The lowest BCUT2D eigenvalue weighted by molar-refractivity contribution is -0.158. The lowest BCUT2D eigenvalue weighted by Gasteiger charge is -2.25. The molecule has 0 saturated heterocycles. The second-order valence-electron chi connectivity index (χ2n) is 8.65. The van der Waals surface area contributed by atoms with Crippen molar-refractivity contribution in [2.75, 3.05) is 5.33 Å². The molecule has 7 nitrogen and oxygen atoms in total. The van der Waals surface area contributed by atoms with Gasteiger partial charge in [0.2, 0.25) is 5.91 Å². The number of carbonyl (C=O) groups is 4. The number of rotatable bonds is 11. The van der Waals surface area contributed by atoms with E-state index in [1.54, 1.807) is 20.8 Å². The van der Waals surface area contributed by atoms with Crippen LogP contribution in [-0.2, 0) is 35.3 Å². The molecule has 0 spiro atoms. The lowest BCUT2D eigenvalue weighted by atomic mass is 9.91. The predicted octanol–water partition coefficient (Wildman–Crippen LogP) is 3.57. The zero-order chi connectivity index (χ0) is 23.6. The molecule has 0 fully saturated rings. The Kier molecular flexibility index (Phi) is 10.9. The van der Waals surface area contributed by atoms with E-state index < -0.39 is 35.4 Å². The number of hydrogen-bond donors (Lipinski definition) is 1. The van der Waals surface area contributed by atoms with Crippen molar-refractivity contribution in [1.29, 1.82) is 0 Å². The topological polar surface area (TPSA) is 98.8 Å². The highest BCUT2D eigenvalue weighted by atomic mass is 79.9. The first kappa shape index (κ1) is 26.8. The first-order chi connectivity index (χ1) is 14.4. The van der Waals surface area contributed by atoms with Crippen LogP contribution >= 0.6 is 15.9 Å². The average molecular weight is 498 g/mol. The monoisotopic (exact) mass is 497 g/mol. The summed E-state index contributed by atoms with van der Waals surface area (Å²) in [6.07, 6.45) is -0.408. The third-order valence-corrected chi connectivity index (χ3v) is 4.95. The summed E-state index contributed by atoms with van der Waals surface area (Å²) in [5, 5.41) is 2.59. The summed E-state index contributed by atoms with van der Waals surface area (Å²) < 4.78 is 10.5. The molecule has 0 aliphatic carbocycles. The molecule has 2 atom stereocenters. The number of esters is 2. The summed E-state index contributed by atoms with van der Waals surface area (Å²) in [5.74, 6) is -2.79. The maximum atomic E-state index is 12.8. The largest absolute Gasteiger partial charge is 0.461 e. The number of carbonyl (C=O) groups excluding carboxylic acids is 4. The van der Waals surface area contributed by atoms with Crippen LogP contribution in [-0.4, -0.2) is 40.6 Å². The Morgan fingerprint density at radius 3 is 2.13 bits per heavy atom. The number of ketones is 1. The Balaban J connectivity index is 2.76. The van der Waals surface area contributed by atoms with Crippen LogP contribution in [0.25, 0.3) is 0 Å². The second kappa shape index (κ2) is 12.6. The number of hydrogen-bond acceptors (Lipinski definition) is 6. The van der Waals surface area contributed by atoms with Crippen LogP contribution in [0.2, 0.25) is 0 Å². The number of halogens is 1. The minimum Gasteiger partial charge on any atom is -0.461 e. The van der Waals surface area contributed by atoms with Crippen LogP contribution in [0.15, 0.2) is 30.3 Å². The normalized spacial score (nSPS) is 13.3. The van der Waals surface area contributed by atoms with Crippen molar-refractivity contribution in [2.45, 2.75) is 65.7 Å². The Morgan fingerprint density at radius 1 is 1.00 bits per heavy atom. The van der Waals surface area contributed by atoms with Gasteiger partial charge in [-0.25, -0.2) is 0 Å². The Morgan fingerprint density at radius 2 is 1.61 bits per heavy atom. The molecule has 172 valence electrons. The van der Waals surface area contributed by atoms with E-state index in [1.807, 2.05) is 44.2 Å². The van der Waals surface area contributed by atoms with Crippen molar-refractivity contribution < 1.29 is 28.7 Å². The van der Waals surface area contributed by atoms with Gasteiger partial charge in [-0.2, -0.15) is 0 Å². The summed E-state index contributed by atoms with van der Waals surface area (Å²) in [4.78, 5) is 49.6. The Labute approximate surface area is 192 Å². The van der Waals surface area contributed by atoms with E-state index in [4.69, 9.17) is 9.47 Å². The maximum Gasteiger partial charge on any atom is 0.308 e. The number of benzene rings is 1. The highest BCUT2D eigenvalue weighted by Gasteiger charge is 2.31. The van der Waals surface area contributed by atoms with Gasteiger partial charge in [0, 0.05) is 0 Å². The maximum absolute atomic E-state index is 12.8. The highest BCUT2D eigenvalue weighted by molar-refractivity contribution is 9.09. The molecule has 0 saturated carbocycles. The van der Waals surface area contributed by atoms with Crippen molar-refractivity contribution in [3.8, 4) is 0 Å². The number of alkyl halides is 1. The molecule has 8 heteroatoms. The zero-order valence-electron chi connectivity index (χ0n) is 18.8. The summed E-state index contributed by atoms with van der Waals surface area (Å²) in [6, 6.07) is 8.11. The SMILES string of the molecule is CC(C)[C@H](CC(=O)OC(C)(C)C)C(=O)N[C@@H](CC(=O)OCc1ccccc1)C(=O)CBr. The molecular weight excluding hydrogens is 466 g/mol. The minimum atomic E-state index is -1.05. The minimum absolute atomic E-state index is 0.0255. The van der Waals surface area contributed by atoms with Gasteiger partial charge >= 0.3 is 11.9 Å². The van der Waals surface area contributed by atoms with Gasteiger partial charge in [-0.05, 0) is 32.3 Å². The first-order valence-electron chi connectivity index (χ1n) is 10.2. The van der Waals surface area contributed by atoms with Crippen LogP contribution < -0.4 is 5.32 Å². The molecule has 1 N–H and O–H groups in total. The molecule has 0 radical (unpaired) electrons. The van der Waals surface area contributed by atoms with Crippen molar-refractivity contribution >= 4 is 39.6 Å². The smallest absolute Gasteiger partial charge is 0.308 e. The average Bonchev–Trinajstić information content (AvgIpc) is 2.68. The standard InChI is InChI=1S/C23H32BrNO6/c1-15(2)17(11-21(28)31-23(3,4)5)22(29)25-18(19(26)13-24)12-20(27)30-14-16-9-7-6-8-10-16/h6-10,15,17-18H,11-14H2,1-5H3,(H,25,29)/t17-,18-/m0/s1. The van der Waals surface area contributed by atoms with Crippen molar-refractivity contribution in [1.82, 2.24) is 5.32 Å². The van der Waals surface area contributed by atoms with Crippen LogP contribution in [0, 0.1) is 11.8 Å². The van der Waals surface area contributed by atoms with Gasteiger partial charge in [-0.15, -0.1) is 0 Å². The van der Waals surface area contributed by atoms with E-state index in [1.165, 1.54) is 0 Å². The fourth-order valence-corrected chi connectivity index (χ4v) is 3.17. The fourth-order valence-electron chi connectivity index (χ4n) is 2.77. The third-order valence-electron chi connectivity index (χ3n) is 4.40. The van der Waals surface area contributed by atoms with Gasteiger partial charge in [0.25, 0.3) is 0 Å². The zero-order valence-corrected chi connectivity index (χ0v) is 20.4. The van der Waals surface area contributed by atoms with Gasteiger partial charge in [0.15, 0.2) is 5.78 Å². The van der Waals surface area contributed by atoms with Crippen molar-refractivity contribution in [3.63, 3.8) is 0 Å². The van der Waals surface area contributed by atoms with Crippen molar-refractivity contribution in [3.05, 3.63) is 35.9 Å². The van der Waals surface area contributed by atoms with Crippen molar-refractivity contribution in [2.24, 2.45) is 11.8 Å². The van der Waals surface area contributed by atoms with Gasteiger partial charge in [-0.3, -0.25) is 19.2 Å². The van der Waals surface area contributed by atoms with Gasteiger partial charge in [0.05, 0.1) is 30.1 Å². The summed E-state index contributed by atoms with van der Waals surface area (Å²) in [5.41, 5.74) is 0.159. The molecule has 0 aromatic heterocycles. The molecule has 0 bridgehead atoms. The molecule has 0 aliphatic rings. The molecule has 1 amide bonds. The molecule has 0 aliphatic heterocycles. The van der Waals surface area contributed by atoms with Gasteiger partial charge in [0.1, 0.15) is 12.2 Å². The Bertz CT molecular complexity index is 757. The van der Waals surface area contributed by atoms with Crippen LogP contribution in [0.5, 0.6) is 0 Å².